The highest BCUT2D eigenvalue weighted by atomic mass is 16.5. The van der Waals surface area contributed by atoms with Crippen LogP contribution in [0.4, 0.5) is 0 Å². The Labute approximate surface area is 126 Å². The molecule has 2 heterocycles. The maximum Gasteiger partial charge on any atom is 0.225 e. The normalized spacial score (nSPS) is 30.0. The molecule has 2 aliphatic heterocycles. The topological polar surface area (TPSA) is 58.6 Å². The highest BCUT2D eigenvalue weighted by Gasteiger charge is 2.36. The van der Waals surface area contributed by atoms with Gasteiger partial charge in [0, 0.05) is 32.2 Å². The summed E-state index contributed by atoms with van der Waals surface area (Å²) in [4.78, 5) is 26.3. The van der Waals surface area contributed by atoms with Gasteiger partial charge >= 0.3 is 0 Å². The maximum atomic E-state index is 12.3. The van der Waals surface area contributed by atoms with E-state index in [1.54, 1.807) is 0 Å². The third-order valence-corrected chi connectivity index (χ3v) is 4.81. The molecule has 21 heavy (non-hydrogen) atoms. The largest absolute Gasteiger partial charge is 0.376 e. The zero-order chi connectivity index (χ0) is 14.7. The number of amides is 2. The first kappa shape index (κ1) is 14.8. The fourth-order valence-corrected chi connectivity index (χ4v) is 3.31. The van der Waals surface area contributed by atoms with Crippen LogP contribution in [-0.4, -0.2) is 49.1 Å². The highest BCUT2D eigenvalue weighted by molar-refractivity contribution is 5.83. The van der Waals surface area contributed by atoms with Crippen LogP contribution in [-0.2, 0) is 14.3 Å². The number of nitrogens with zero attached hydrogens (tertiary/aromatic N) is 1. The minimum absolute atomic E-state index is 0.0370. The first-order chi connectivity index (χ1) is 10.2. The van der Waals surface area contributed by atoms with E-state index < -0.39 is 0 Å². The van der Waals surface area contributed by atoms with Gasteiger partial charge in [-0.25, -0.2) is 0 Å². The van der Waals surface area contributed by atoms with Crippen molar-refractivity contribution in [3.8, 4) is 0 Å². The van der Waals surface area contributed by atoms with Crippen molar-refractivity contribution < 1.29 is 14.3 Å². The van der Waals surface area contributed by atoms with E-state index >= 15 is 0 Å². The number of piperidine rings is 1. The Morgan fingerprint density at radius 2 is 1.90 bits per heavy atom. The summed E-state index contributed by atoms with van der Waals surface area (Å²) in [6, 6.07) is 0. The van der Waals surface area contributed by atoms with E-state index in [1.807, 2.05) is 4.90 Å². The summed E-state index contributed by atoms with van der Waals surface area (Å²) in [7, 11) is 0. The lowest BCUT2D eigenvalue weighted by atomic mass is 9.96. The van der Waals surface area contributed by atoms with Crippen LogP contribution in [0.3, 0.4) is 0 Å². The maximum absolute atomic E-state index is 12.3. The van der Waals surface area contributed by atoms with Gasteiger partial charge in [-0.15, -0.1) is 0 Å². The molecule has 1 aliphatic carbocycles. The summed E-state index contributed by atoms with van der Waals surface area (Å²) < 4.78 is 5.64. The minimum Gasteiger partial charge on any atom is -0.376 e. The van der Waals surface area contributed by atoms with Gasteiger partial charge in [0.05, 0.1) is 12.0 Å². The zero-order valence-corrected chi connectivity index (χ0v) is 12.7. The predicted molar refractivity (Wildman–Crippen MR) is 78.6 cm³/mol. The van der Waals surface area contributed by atoms with Gasteiger partial charge in [0.15, 0.2) is 0 Å². The van der Waals surface area contributed by atoms with Gasteiger partial charge in [-0.1, -0.05) is 0 Å². The van der Waals surface area contributed by atoms with Crippen molar-refractivity contribution in [2.24, 2.45) is 11.8 Å². The summed E-state index contributed by atoms with van der Waals surface area (Å²) in [5.41, 5.74) is 0. The molecule has 0 bridgehead atoms. The van der Waals surface area contributed by atoms with Crippen LogP contribution in [0, 0.1) is 11.8 Å². The predicted octanol–water partition coefficient (Wildman–Crippen LogP) is 1.32. The number of likely N-dealkylation sites (tertiary alicyclic amines) is 1. The molecule has 0 aromatic heterocycles. The molecule has 3 aliphatic rings. The summed E-state index contributed by atoms with van der Waals surface area (Å²) in [6.45, 7) is 2.86. The van der Waals surface area contributed by atoms with E-state index in [0.717, 1.165) is 51.7 Å². The van der Waals surface area contributed by atoms with E-state index in [9.17, 15) is 9.59 Å². The molecule has 2 saturated heterocycles. The SMILES string of the molecule is O=C(NCC1CCCCO1)C1CCCN(C(=O)C2CC2)C1. The summed E-state index contributed by atoms with van der Waals surface area (Å²) >= 11 is 0. The van der Waals surface area contributed by atoms with Crippen molar-refractivity contribution in [3.63, 3.8) is 0 Å². The molecule has 0 spiro atoms. The van der Waals surface area contributed by atoms with Gasteiger partial charge in [-0.3, -0.25) is 9.59 Å². The second kappa shape index (κ2) is 6.77. The van der Waals surface area contributed by atoms with Crippen LogP contribution >= 0.6 is 0 Å². The van der Waals surface area contributed by atoms with E-state index in [-0.39, 0.29) is 29.8 Å². The molecule has 0 aromatic carbocycles. The Balaban J connectivity index is 1.43. The fraction of sp³-hybridized carbons (Fsp3) is 0.875. The molecular weight excluding hydrogens is 268 g/mol. The van der Waals surface area contributed by atoms with E-state index in [4.69, 9.17) is 4.74 Å². The third-order valence-electron chi connectivity index (χ3n) is 4.81. The van der Waals surface area contributed by atoms with Gasteiger partial charge < -0.3 is 15.0 Å². The Hall–Kier alpha value is -1.10. The van der Waals surface area contributed by atoms with Crippen molar-refractivity contribution >= 4 is 11.8 Å². The van der Waals surface area contributed by atoms with Gasteiger partial charge in [0.1, 0.15) is 0 Å². The second-order valence-corrected chi connectivity index (χ2v) is 6.63. The number of rotatable bonds is 4. The highest BCUT2D eigenvalue weighted by Crippen LogP contribution is 2.32. The van der Waals surface area contributed by atoms with Gasteiger partial charge in [-0.05, 0) is 44.9 Å². The number of carbonyl (C=O) groups excluding carboxylic acids is 2. The lowest BCUT2D eigenvalue weighted by Crippen LogP contribution is -2.47. The molecule has 0 radical (unpaired) electrons. The number of ether oxygens (including phenoxy) is 1. The molecule has 2 atom stereocenters. The van der Waals surface area contributed by atoms with Crippen LogP contribution in [0.1, 0.15) is 44.9 Å². The first-order valence-corrected chi connectivity index (χ1v) is 8.42. The molecule has 3 fully saturated rings. The Bertz CT molecular complexity index is 389. The Kier molecular flexibility index (Phi) is 4.78. The smallest absolute Gasteiger partial charge is 0.225 e. The molecule has 2 amide bonds. The molecule has 118 valence electrons. The monoisotopic (exact) mass is 294 g/mol. The molecule has 5 nitrogen and oxygen atoms in total. The van der Waals surface area contributed by atoms with Crippen molar-refractivity contribution in [2.45, 2.75) is 51.0 Å². The quantitative estimate of drug-likeness (QED) is 0.851. The average Bonchev–Trinajstić information content (AvgIpc) is 3.38. The number of nitrogens with one attached hydrogen (secondary N) is 1. The third kappa shape index (κ3) is 3.96. The van der Waals surface area contributed by atoms with Crippen molar-refractivity contribution in [3.05, 3.63) is 0 Å². The van der Waals surface area contributed by atoms with Crippen molar-refractivity contribution in [2.75, 3.05) is 26.2 Å². The van der Waals surface area contributed by atoms with Crippen LogP contribution < -0.4 is 5.32 Å². The van der Waals surface area contributed by atoms with Crippen LogP contribution in [0.5, 0.6) is 0 Å². The van der Waals surface area contributed by atoms with Crippen LogP contribution in [0.15, 0.2) is 0 Å². The minimum atomic E-state index is -0.0370. The summed E-state index contributed by atoms with van der Waals surface area (Å²) in [6.07, 6.45) is 7.44. The first-order valence-electron chi connectivity index (χ1n) is 8.42. The number of hydrogen-bond donors (Lipinski definition) is 1. The average molecular weight is 294 g/mol. The zero-order valence-electron chi connectivity index (χ0n) is 12.7. The lowest BCUT2D eigenvalue weighted by molar-refractivity contribution is -0.137. The molecule has 3 rings (SSSR count). The second-order valence-electron chi connectivity index (χ2n) is 6.63. The van der Waals surface area contributed by atoms with E-state index in [0.29, 0.717) is 13.1 Å². The molecule has 5 heteroatoms. The molecule has 2 unspecified atom stereocenters. The Morgan fingerprint density at radius 3 is 2.62 bits per heavy atom. The van der Waals surface area contributed by atoms with Gasteiger partial charge in [-0.2, -0.15) is 0 Å². The summed E-state index contributed by atoms with van der Waals surface area (Å²) in [5.74, 6) is 0.577. The van der Waals surface area contributed by atoms with E-state index in [2.05, 4.69) is 5.32 Å². The molecule has 1 N–H and O–H groups in total. The number of carbonyl (C=O) groups is 2. The van der Waals surface area contributed by atoms with Crippen molar-refractivity contribution in [1.82, 2.24) is 10.2 Å². The molecular formula is C16H26N2O3. The standard InChI is InChI=1S/C16H26N2O3/c19-15(17-10-14-5-1-2-9-21-14)13-4-3-8-18(11-13)16(20)12-6-7-12/h12-14H,1-11H2,(H,17,19). The number of hydrogen-bond acceptors (Lipinski definition) is 3. The Morgan fingerprint density at radius 1 is 1.05 bits per heavy atom. The lowest BCUT2D eigenvalue weighted by Gasteiger charge is -2.32. The van der Waals surface area contributed by atoms with Gasteiger partial charge in [0.25, 0.3) is 0 Å². The fourth-order valence-electron chi connectivity index (χ4n) is 3.31. The molecule has 1 saturated carbocycles. The van der Waals surface area contributed by atoms with E-state index in [1.165, 1.54) is 6.42 Å². The van der Waals surface area contributed by atoms with Crippen LogP contribution in [0.25, 0.3) is 0 Å². The summed E-state index contributed by atoms with van der Waals surface area (Å²) in [5, 5.41) is 3.02. The molecule has 0 aromatic rings. The van der Waals surface area contributed by atoms with Gasteiger partial charge in [0.2, 0.25) is 11.8 Å². The van der Waals surface area contributed by atoms with Crippen LogP contribution in [0.2, 0.25) is 0 Å². The van der Waals surface area contributed by atoms with Crippen molar-refractivity contribution in [1.29, 1.82) is 0 Å².